The molecule has 0 aliphatic rings. The van der Waals surface area contributed by atoms with Crippen molar-refractivity contribution in [2.24, 2.45) is 0 Å². The molecular formula is C13H27NNaO2. The van der Waals surface area contributed by atoms with Crippen LogP contribution in [-0.2, 0) is 4.79 Å². The van der Waals surface area contributed by atoms with Crippen LogP contribution in [0.25, 0.3) is 0 Å². The third-order valence-electron chi connectivity index (χ3n) is 2.72. The zero-order valence-electron chi connectivity index (χ0n) is 11.6. The van der Waals surface area contributed by atoms with Gasteiger partial charge in [0.25, 0.3) is 0 Å². The number of carboxylic acid groups (broad SMARTS) is 1. The van der Waals surface area contributed by atoms with Crippen LogP contribution in [0.3, 0.4) is 0 Å². The van der Waals surface area contributed by atoms with E-state index in [0.717, 1.165) is 6.54 Å². The van der Waals surface area contributed by atoms with Crippen molar-refractivity contribution in [2.75, 3.05) is 13.1 Å². The van der Waals surface area contributed by atoms with Crippen LogP contribution >= 0.6 is 0 Å². The Kier molecular flexibility index (Phi) is 19.1. The first-order valence-electron chi connectivity index (χ1n) is 6.70. The van der Waals surface area contributed by atoms with E-state index < -0.39 is 5.97 Å². The molecule has 0 bridgehead atoms. The van der Waals surface area contributed by atoms with Crippen molar-refractivity contribution in [1.29, 1.82) is 0 Å². The fourth-order valence-electron chi connectivity index (χ4n) is 1.70. The van der Waals surface area contributed by atoms with Gasteiger partial charge < -0.3 is 10.4 Å². The van der Waals surface area contributed by atoms with Crippen LogP contribution < -0.4 is 5.32 Å². The van der Waals surface area contributed by atoms with Gasteiger partial charge in [-0.1, -0.05) is 51.9 Å². The molecule has 0 aliphatic carbocycles. The Morgan fingerprint density at radius 3 is 2.00 bits per heavy atom. The van der Waals surface area contributed by atoms with Crippen LogP contribution in [0.1, 0.15) is 64.7 Å². The molecule has 2 N–H and O–H groups in total. The van der Waals surface area contributed by atoms with E-state index in [9.17, 15) is 4.79 Å². The normalized spacial score (nSPS) is 9.94. The Morgan fingerprint density at radius 2 is 1.47 bits per heavy atom. The predicted octanol–water partition coefficient (Wildman–Crippen LogP) is 2.81. The molecule has 17 heavy (non-hydrogen) atoms. The molecule has 4 heteroatoms. The Balaban J connectivity index is 0. The fraction of sp³-hybridized carbons (Fsp3) is 0.923. The van der Waals surface area contributed by atoms with Crippen molar-refractivity contribution >= 4 is 35.5 Å². The van der Waals surface area contributed by atoms with Gasteiger partial charge in [-0.15, -0.1) is 0 Å². The van der Waals surface area contributed by atoms with E-state index in [1.807, 2.05) is 0 Å². The summed E-state index contributed by atoms with van der Waals surface area (Å²) in [6, 6.07) is 0. The number of aliphatic carboxylic acids is 1. The molecule has 0 aliphatic heterocycles. The van der Waals surface area contributed by atoms with Crippen LogP contribution in [-0.4, -0.2) is 53.7 Å². The second kappa shape index (κ2) is 16.4. The molecule has 97 valence electrons. The molecule has 0 saturated carbocycles. The van der Waals surface area contributed by atoms with E-state index in [2.05, 4.69) is 12.2 Å². The number of carboxylic acids is 1. The molecule has 0 aromatic carbocycles. The molecular weight excluding hydrogens is 225 g/mol. The topological polar surface area (TPSA) is 49.3 Å². The quantitative estimate of drug-likeness (QED) is 0.415. The molecule has 0 atom stereocenters. The summed E-state index contributed by atoms with van der Waals surface area (Å²) in [6.45, 7) is 3.80. The minimum absolute atomic E-state index is 0. The maximum absolute atomic E-state index is 10.2. The first-order valence-corrected chi connectivity index (χ1v) is 6.70. The van der Waals surface area contributed by atoms with Gasteiger partial charge in [0, 0.05) is 36.1 Å². The number of carbonyl (C=O) groups is 1. The summed E-state index contributed by atoms with van der Waals surface area (Å²) in [4.78, 5) is 10.2. The second-order valence-corrected chi connectivity index (χ2v) is 4.37. The smallest absolute Gasteiger partial charge is 0.304 e. The second-order valence-electron chi connectivity index (χ2n) is 4.37. The van der Waals surface area contributed by atoms with E-state index in [1.165, 1.54) is 51.4 Å². The monoisotopic (exact) mass is 252 g/mol. The van der Waals surface area contributed by atoms with Gasteiger partial charge in [0.05, 0.1) is 6.42 Å². The molecule has 0 rings (SSSR count). The molecule has 0 heterocycles. The van der Waals surface area contributed by atoms with E-state index in [4.69, 9.17) is 5.11 Å². The maximum atomic E-state index is 10.2. The van der Waals surface area contributed by atoms with Gasteiger partial charge in [0.15, 0.2) is 0 Å². The average molecular weight is 252 g/mol. The van der Waals surface area contributed by atoms with Crippen molar-refractivity contribution < 1.29 is 9.90 Å². The third kappa shape index (κ3) is 19.0. The largest absolute Gasteiger partial charge is 0.481 e. The molecule has 0 saturated heterocycles. The molecule has 0 aromatic rings. The number of nitrogens with one attached hydrogen (secondary N) is 1. The number of hydrogen-bond acceptors (Lipinski definition) is 2. The molecule has 0 fully saturated rings. The van der Waals surface area contributed by atoms with Gasteiger partial charge in [-0.05, 0) is 13.0 Å². The third-order valence-corrected chi connectivity index (χ3v) is 2.72. The van der Waals surface area contributed by atoms with Gasteiger partial charge in [-0.3, -0.25) is 4.79 Å². The zero-order chi connectivity index (χ0) is 12.1. The predicted molar refractivity (Wildman–Crippen MR) is 73.5 cm³/mol. The van der Waals surface area contributed by atoms with Crippen molar-refractivity contribution in [3.8, 4) is 0 Å². The summed E-state index contributed by atoms with van der Waals surface area (Å²) < 4.78 is 0. The van der Waals surface area contributed by atoms with Gasteiger partial charge in [0.1, 0.15) is 0 Å². The molecule has 1 radical (unpaired) electrons. The van der Waals surface area contributed by atoms with Gasteiger partial charge in [-0.2, -0.15) is 0 Å². The summed E-state index contributed by atoms with van der Waals surface area (Å²) in [7, 11) is 0. The number of rotatable bonds is 12. The van der Waals surface area contributed by atoms with Crippen molar-refractivity contribution in [3.05, 3.63) is 0 Å². The minimum atomic E-state index is -0.719. The summed E-state index contributed by atoms with van der Waals surface area (Å²) in [5, 5.41) is 11.6. The SMILES string of the molecule is CCCCCCCCCCNCCC(=O)O.[Na]. The van der Waals surface area contributed by atoms with Crippen LogP contribution in [0, 0.1) is 0 Å². The van der Waals surface area contributed by atoms with Crippen molar-refractivity contribution in [1.82, 2.24) is 5.32 Å². The molecule has 0 spiro atoms. The maximum Gasteiger partial charge on any atom is 0.304 e. The first kappa shape index (κ1) is 19.8. The summed E-state index contributed by atoms with van der Waals surface area (Å²) in [5.74, 6) is -0.719. The standard InChI is InChI=1S/C13H27NO2.Na/c1-2-3-4-5-6-7-8-9-11-14-12-10-13(15)16;/h14H,2-12H2,1H3,(H,15,16);. The summed E-state index contributed by atoms with van der Waals surface area (Å²) >= 11 is 0. The van der Waals surface area contributed by atoms with Crippen LogP contribution in [0.2, 0.25) is 0 Å². The van der Waals surface area contributed by atoms with E-state index in [-0.39, 0.29) is 36.0 Å². The molecule has 0 unspecified atom stereocenters. The molecule has 3 nitrogen and oxygen atoms in total. The Morgan fingerprint density at radius 1 is 0.941 bits per heavy atom. The summed E-state index contributed by atoms with van der Waals surface area (Å²) in [6.07, 6.45) is 10.8. The van der Waals surface area contributed by atoms with Gasteiger partial charge in [0.2, 0.25) is 0 Å². The van der Waals surface area contributed by atoms with Crippen molar-refractivity contribution in [2.45, 2.75) is 64.7 Å². The van der Waals surface area contributed by atoms with E-state index in [1.54, 1.807) is 0 Å². The summed E-state index contributed by atoms with van der Waals surface area (Å²) in [5.41, 5.74) is 0. The average Bonchev–Trinajstić information content (AvgIpc) is 2.25. The van der Waals surface area contributed by atoms with E-state index in [0.29, 0.717) is 6.54 Å². The van der Waals surface area contributed by atoms with E-state index >= 15 is 0 Å². The van der Waals surface area contributed by atoms with Crippen LogP contribution in [0.15, 0.2) is 0 Å². The zero-order valence-corrected chi connectivity index (χ0v) is 13.6. The van der Waals surface area contributed by atoms with Crippen LogP contribution in [0.4, 0.5) is 0 Å². The Bertz CT molecular complexity index is 165. The van der Waals surface area contributed by atoms with Crippen molar-refractivity contribution in [3.63, 3.8) is 0 Å². The Hall–Kier alpha value is 0.430. The van der Waals surface area contributed by atoms with Gasteiger partial charge >= 0.3 is 5.97 Å². The first-order chi connectivity index (χ1) is 7.77. The number of unbranched alkanes of at least 4 members (excludes halogenated alkanes) is 7. The Labute approximate surface area is 128 Å². The van der Waals surface area contributed by atoms with Crippen LogP contribution in [0.5, 0.6) is 0 Å². The minimum Gasteiger partial charge on any atom is -0.481 e. The number of hydrogen-bond donors (Lipinski definition) is 2. The molecule has 0 amide bonds. The molecule has 0 aromatic heterocycles. The van der Waals surface area contributed by atoms with Gasteiger partial charge in [-0.25, -0.2) is 0 Å². The fourth-order valence-corrected chi connectivity index (χ4v) is 1.70.